The molecule has 3 rings (SSSR count). The van der Waals surface area contributed by atoms with E-state index in [-0.39, 0.29) is 5.57 Å². The minimum Gasteiger partial charge on any atom is -0.489 e. The second-order valence-corrected chi connectivity index (χ2v) is 6.67. The predicted octanol–water partition coefficient (Wildman–Crippen LogP) is 4.98. The number of nitriles is 1. The van der Waals surface area contributed by atoms with Gasteiger partial charge in [0.1, 0.15) is 24.0 Å². The molecule has 6 heteroatoms. The topological polar surface area (TPSA) is 67.9 Å². The number of aromatic nitrogens is 2. The third kappa shape index (κ3) is 4.48. The first-order chi connectivity index (χ1) is 13.5. The first-order valence-electron chi connectivity index (χ1n) is 8.64. The molecule has 0 fully saturated rings. The quantitative estimate of drug-likeness (QED) is 0.454. The number of nitrogens with zero attached hydrogens (tertiary/aromatic N) is 3. The van der Waals surface area contributed by atoms with Gasteiger partial charge in [0.2, 0.25) is 0 Å². The highest BCUT2D eigenvalue weighted by Crippen LogP contribution is 2.20. The standard InChI is InChI=1S/C22H18ClN3O2/c1-15-11-16(2)26(25-15)22(27)19(13-24)12-17-7-9-20(10-8-17)28-14-18-5-3-4-6-21(18)23/h3-12H,14H2,1-2H3/b19-12+. The van der Waals surface area contributed by atoms with Crippen molar-refractivity contribution in [2.75, 3.05) is 0 Å². The molecule has 0 radical (unpaired) electrons. The second-order valence-electron chi connectivity index (χ2n) is 6.26. The molecule has 1 aromatic heterocycles. The van der Waals surface area contributed by atoms with Gasteiger partial charge >= 0.3 is 0 Å². The summed E-state index contributed by atoms with van der Waals surface area (Å²) >= 11 is 6.12. The Morgan fingerprint density at radius 3 is 2.54 bits per heavy atom. The van der Waals surface area contributed by atoms with Crippen molar-refractivity contribution in [3.63, 3.8) is 0 Å². The zero-order valence-electron chi connectivity index (χ0n) is 15.5. The summed E-state index contributed by atoms with van der Waals surface area (Å²) in [6.07, 6.45) is 1.54. The molecule has 0 spiro atoms. The number of rotatable bonds is 5. The molecule has 0 unspecified atom stereocenters. The van der Waals surface area contributed by atoms with E-state index in [1.165, 1.54) is 10.8 Å². The Morgan fingerprint density at radius 1 is 1.21 bits per heavy atom. The zero-order chi connectivity index (χ0) is 20.1. The molecule has 0 aliphatic heterocycles. The van der Waals surface area contributed by atoms with Gasteiger partial charge in [-0.25, -0.2) is 4.68 Å². The fraction of sp³-hybridized carbons (Fsp3) is 0.136. The van der Waals surface area contributed by atoms with Crippen molar-refractivity contribution >= 4 is 23.6 Å². The van der Waals surface area contributed by atoms with E-state index in [1.807, 2.05) is 30.3 Å². The van der Waals surface area contributed by atoms with Gasteiger partial charge in [0.15, 0.2) is 0 Å². The first-order valence-corrected chi connectivity index (χ1v) is 9.02. The number of halogens is 1. The Balaban J connectivity index is 1.73. The monoisotopic (exact) mass is 391 g/mol. The Kier molecular flexibility index (Phi) is 5.93. The molecular formula is C22H18ClN3O2. The summed E-state index contributed by atoms with van der Waals surface area (Å²) in [6.45, 7) is 3.93. The number of allylic oxidation sites excluding steroid dienone is 1. The lowest BCUT2D eigenvalue weighted by molar-refractivity contribution is 0.0943. The third-order valence-electron chi connectivity index (χ3n) is 4.10. The molecule has 1 heterocycles. The molecule has 0 N–H and O–H groups in total. The predicted molar refractivity (Wildman–Crippen MR) is 108 cm³/mol. The van der Waals surface area contributed by atoms with Gasteiger partial charge < -0.3 is 4.74 Å². The van der Waals surface area contributed by atoms with Crippen molar-refractivity contribution in [2.45, 2.75) is 20.5 Å². The average molecular weight is 392 g/mol. The maximum Gasteiger partial charge on any atom is 0.289 e. The van der Waals surface area contributed by atoms with Gasteiger partial charge in [0.05, 0.1) is 5.69 Å². The normalized spacial score (nSPS) is 11.1. The number of hydrogen-bond acceptors (Lipinski definition) is 4. The number of carbonyl (C=O) groups is 1. The van der Waals surface area contributed by atoms with Crippen molar-refractivity contribution in [3.05, 3.63) is 87.7 Å². The Labute approximate surface area is 168 Å². The maximum absolute atomic E-state index is 12.5. The summed E-state index contributed by atoms with van der Waals surface area (Å²) in [4.78, 5) is 12.5. The van der Waals surface area contributed by atoms with Crippen LogP contribution in [0.1, 0.15) is 27.3 Å². The lowest BCUT2D eigenvalue weighted by atomic mass is 10.1. The van der Waals surface area contributed by atoms with Crippen LogP contribution in [0.3, 0.4) is 0 Å². The molecule has 0 saturated heterocycles. The summed E-state index contributed by atoms with van der Waals surface area (Å²) in [5, 5.41) is 14.2. The van der Waals surface area contributed by atoms with Gasteiger partial charge in [-0.2, -0.15) is 10.4 Å². The zero-order valence-corrected chi connectivity index (χ0v) is 16.3. The van der Waals surface area contributed by atoms with Crippen LogP contribution in [0.4, 0.5) is 0 Å². The van der Waals surface area contributed by atoms with E-state index in [0.29, 0.717) is 23.1 Å². The van der Waals surface area contributed by atoms with E-state index >= 15 is 0 Å². The summed E-state index contributed by atoms with van der Waals surface area (Å²) in [5.74, 6) is 0.215. The molecule has 0 bridgehead atoms. The van der Waals surface area contributed by atoms with Crippen LogP contribution >= 0.6 is 11.6 Å². The Hall–Kier alpha value is -3.36. The van der Waals surface area contributed by atoms with Crippen LogP contribution in [0.5, 0.6) is 5.75 Å². The summed E-state index contributed by atoms with van der Waals surface area (Å²) in [7, 11) is 0. The molecule has 5 nitrogen and oxygen atoms in total. The summed E-state index contributed by atoms with van der Waals surface area (Å²) in [6, 6.07) is 18.4. The largest absolute Gasteiger partial charge is 0.489 e. The molecule has 0 amide bonds. The van der Waals surface area contributed by atoms with Crippen LogP contribution < -0.4 is 4.74 Å². The van der Waals surface area contributed by atoms with E-state index in [4.69, 9.17) is 16.3 Å². The molecule has 0 aliphatic carbocycles. The molecular weight excluding hydrogens is 374 g/mol. The number of hydrogen-bond donors (Lipinski definition) is 0. The number of carbonyl (C=O) groups excluding carboxylic acids is 1. The van der Waals surface area contributed by atoms with Crippen molar-refractivity contribution < 1.29 is 9.53 Å². The van der Waals surface area contributed by atoms with Crippen LogP contribution in [0, 0.1) is 25.2 Å². The van der Waals surface area contributed by atoms with Crippen molar-refractivity contribution in [2.24, 2.45) is 0 Å². The van der Waals surface area contributed by atoms with E-state index in [1.54, 1.807) is 44.2 Å². The number of ether oxygens (including phenoxy) is 1. The third-order valence-corrected chi connectivity index (χ3v) is 4.46. The molecule has 3 aromatic rings. The fourth-order valence-corrected chi connectivity index (χ4v) is 2.88. The molecule has 0 aliphatic rings. The van der Waals surface area contributed by atoms with Crippen LogP contribution in [-0.2, 0) is 6.61 Å². The van der Waals surface area contributed by atoms with Crippen LogP contribution in [-0.4, -0.2) is 15.7 Å². The van der Waals surface area contributed by atoms with Gasteiger partial charge in [-0.15, -0.1) is 0 Å². The highest BCUT2D eigenvalue weighted by Gasteiger charge is 2.15. The lowest BCUT2D eigenvalue weighted by Crippen LogP contribution is -2.15. The Morgan fingerprint density at radius 2 is 1.93 bits per heavy atom. The van der Waals surface area contributed by atoms with Crippen molar-refractivity contribution in [1.82, 2.24) is 9.78 Å². The SMILES string of the molecule is Cc1cc(C)n(C(=O)/C(C#N)=C/c2ccc(OCc3ccccc3Cl)cc2)n1. The van der Waals surface area contributed by atoms with Gasteiger partial charge in [-0.3, -0.25) is 4.79 Å². The van der Waals surface area contributed by atoms with E-state index in [9.17, 15) is 10.1 Å². The highest BCUT2D eigenvalue weighted by atomic mass is 35.5. The van der Waals surface area contributed by atoms with Crippen molar-refractivity contribution in [3.8, 4) is 11.8 Å². The number of benzene rings is 2. The minimum absolute atomic E-state index is 0.0101. The molecule has 140 valence electrons. The summed E-state index contributed by atoms with van der Waals surface area (Å²) in [5.41, 5.74) is 3.04. The van der Waals surface area contributed by atoms with E-state index in [0.717, 1.165) is 16.8 Å². The van der Waals surface area contributed by atoms with Crippen LogP contribution in [0.25, 0.3) is 6.08 Å². The average Bonchev–Trinajstić information content (AvgIpc) is 3.04. The molecule has 2 aromatic carbocycles. The lowest BCUT2D eigenvalue weighted by Gasteiger charge is -2.08. The molecule has 28 heavy (non-hydrogen) atoms. The maximum atomic E-state index is 12.5. The van der Waals surface area contributed by atoms with E-state index < -0.39 is 5.91 Å². The van der Waals surface area contributed by atoms with Crippen LogP contribution in [0.15, 0.2) is 60.2 Å². The highest BCUT2D eigenvalue weighted by molar-refractivity contribution is 6.31. The summed E-state index contributed by atoms with van der Waals surface area (Å²) < 4.78 is 6.98. The minimum atomic E-state index is -0.452. The van der Waals surface area contributed by atoms with Gasteiger partial charge in [0.25, 0.3) is 5.91 Å². The van der Waals surface area contributed by atoms with Gasteiger partial charge in [0, 0.05) is 16.3 Å². The number of aryl methyl sites for hydroxylation is 2. The smallest absolute Gasteiger partial charge is 0.289 e. The van der Waals surface area contributed by atoms with Gasteiger partial charge in [-0.1, -0.05) is 41.9 Å². The van der Waals surface area contributed by atoms with Crippen molar-refractivity contribution in [1.29, 1.82) is 5.26 Å². The molecule has 0 atom stereocenters. The molecule has 0 saturated carbocycles. The van der Waals surface area contributed by atoms with E-state index in [2.05, 4.69) is 5.10 Å². The Bertz CT molecular complexity index is 1080. The van der Waals surface area contributed by atoms with Gasteiger partial charge in [-0.05, 0) is 49.8 Å². The van der Waals surface area contributed by atoms with Crippen LogP contribution in [0.2, 0.25) is 5.02 Å². The second kappa shape index (κ2) is 8.55. The fourth-order valence-electron chi connectivity index (χ4n) is 2.69. The first kappa shape index (κ1) is 19.4.